The molecule has 2 aromatic carbocycles. The van der Waals surface area contributed by atoms with Gasteiger partial charge in [0.25, 0.3) is 0 Å². The van der Waals surface area contributed by atoms with Crippen LogP contribution in [0.2, 0.25) is 0 Å². The first kappa shape index (κ1) is 20.0. The average Bonchev–Trinajstić information content (AvgIpc) is 3.06. The van der Waals surface area contributed by atoms with Gasteiger partial charge in [0.05, 0.1) is 23.9 Å². The van der Waals surface area contributed by atoms with Gasteiger partial charge in [0.1, 0.15) is 12.4 Å². The lowest BCUT2D eigenvalue weighted by molar-refractivity contribution is -0.116. The van der Waals surface area contributed by atoms with E-state index in [1.807, 2.05) is 0 Å². The van der Waals surface area contributed by atoms with E-state index in [0.29, 0.717) is 28.1 Å². The van der Waals surface area contributed by atoms with Gasteiger partial charge in [-0.15, -0.1) is 0 Å². The summed E-state index contributed by atoms with van der Waals surface area (Å²) in [4.78, 5) is 41.4. The largest absolute Gasteiger partial charge is 0.465 e. The molecule has 0 saturated carbocycles. The van der Waals surface area contributed by atoms with Gasteiger partial charge in [-0.25, -0.2) is 23.5 Å². The Hall–Kier alpha value is -4.27. The molecular formula is C22H17FN4O4. The minimum Gasteiger partial charge on any atom is -0.465 e. The number of hydrogen-bond acceptors (Lipinski definition) is 5. The second kappa shape index (κ2) is 8.23. The highest BCUT2D eigenvalue weighted by molar-refractivity contribution is 5.93. The molecule has 0 aliphatic carbocycles. The fourth-order valence-corrected chi connectivity index (χ4v) is 3.21. The first-order valence-electron chi connectivity index (χ1n) is 9.28. The molecule has 1 amide bonds. The standard InChI is InChI=1S/C22H17FN4O4/c1-31-21(29)14-4-8-16(9-5-14)25-19(28)13-26-18-3-2-12-24-20(18)27(22(26)30)17-10-6-15(23)7-11-17/h2-12H,13H2,1H3,(H,25,28). The van der Waals surface area contributed by atoms with Crippen LogP contribution < -0.4 is 11.0 Å². The summed E-state index contributed by atoms with van der Waals surface area (Å²) in [6, 6.07) is 15.0. The molecule has 0 bridgehead atoms. The molecule has 0 radical (unpaired) electrons. The van der Waals surface area contributed by atoms with Gasteiger partial charge < -0.3 is 10.1 Å². The van der Waals surface area contributed by atoms with Crippen molar-refractivity contribution in [2.45, 2.75) is 6.54 Å². The number of anilines is 1. The van der Waals surface area contributed by atoms with E-state index < -0.39 is 23.4 Å². The number of hydrogen-bond donors (Lipinski definition) is 1. The van der Waals surface area contributed by atoms with Crippen LogP contribution in [-0.2, 0) is 16.1 Å². The van der Waals surface area contributed by atoms with E-state index in [0.717, 1.165) is 0 Å². The molecular weight excluding hydrogens is 403 g/mol. The number of ether oxygens (including phenoxy) is 1. The Bertz CT molecular complexity index is 1320. The number of esters is 1. The summed E-state index contributed by atoms with van der Waals surface area (Å²) >= 11 is 0. The molecule has 0 spiro atoms. The van der Waals surface area contributed by atoms with Crippen molar-refractivity contribution < 1.29 is 18.7 Å². The fraction of sp³-hybridized carbons (Fsp3) is 0.0909. The number of fused-ring (bicyclic) bond motifs is 1. The van der Waals surface area contributed by atoms with Gasteiger partial charge in [-0.1, -0.05) is 0 Å². The van der Waals surface area contributed by atoms with Crippen molar-refractivity contribution in [3.63, 3.8) is 0 Å². The summed E-state index contributed by atoms with van der Waals surface area (Å²) in [5.74, 6) is -1.34. The Kier molecular flexibility index (Phi) is 5.31. The topological polar surface area (TPSA) is 95.2 Å². The molecule has 0 aliphatic rings. The third kappa shape index (κ3) is 3.93. The summed E-state index contributed by atoms with van der Waals surface area (Å²) < 4.78 is 20.6. The minimum absolute atomic E-state index is 0.256. The van der Waals surface area contributed by atoms with Crippen LogP contribution in [-0.4, -0.2) is 33.1 Å². The molecule has 2 aromatic heterocycles. The number of nitrogens with one attached hydrogen (secondary N) is 1. The number of amides is 1. The number of aromatic nitrogens is 3. The van der Waals surface area contributed by atoms with Gasteiger partial charge in [-0.3, -0.25) is 9.36 Å². The molecule has 4 rings (SSSR count). The van der Waals surface area contributed by atoms with Crippen LogP contribution in [0, 0.1) is 5.82 Å². The summed E-state index contributed by atoms with van der Waals surface area (Å²) in [6.45, 7) is -0.256. The summed E-state index contributed by atoms with van der Waals surface area (Å²) in [6.07, 6.45) is 1.54. The van der Waals surface area contributed by atoms with Crippen LogP contribution in [0.25, 0.3) is 16.9 Å². The zero-order valence-electron chi connectivity index (χ0n) is 16.4. The number of nitrogens with zero attached hydrogens (tertiary/aromatic N) is 3. The van der Waals surface area contributed by atoms with Gasteiger partial charge in [-0.05, 0) is 60.7 Å². The van der Waals surface area contributed by atoms with Gasteiger partial charge in [0, 0.05) is 11.9 Å². The van der Waals surface area contributed by atoms with Gasteiger partial charge in [0.2, 0.25) is 5.91 Å². The molecule has 4 aromatic rings. The molecule has 2 heterocycles. The summed E-state index contributed by atoms with van der Waals surface area (Å²) in [5, 5.41) is 2.69. The van der Waals surface area contributed by atoms with Crippen molar-refractivity contribution in [1.29, 1.82) is 0 Å². The van der Waals surface area contributed by atoms with E-state index >= 15 is 0 Å². The van der Waals surface area contributed by atoms with Crippen LogP contribution in [0.1, 0.15) is 10.4 Å². The van der Waals surface area contributed by atoms with Gasteiger partial charge in [-0.2, -0.15) is 0 Å². The summed E-state index contributed by atoms with van der Waals surface area (Å²) in [5.41, 5.74) is 1.60. The predicted octanol–water partition coefficient (Wildman–Crippen LogP) is 2.75. The Morgan fingerprint density at radius 2 is 1.77 bits per heavy atom. The van der Waals surface area contributed by atoms with Crippen LogP contribution in [0.3, 0.4) is 0 Å². The Balaban J connectivity index is 1.63. The van der Waals surface area contributed by atoms with Crippen molar-refractivity contribution in [2.75, 3.05) is 12.4 Å². The number of carbonyl (C=O) groups is 2. The zero-order chi connectivity index (χ0) is 22.0. The molecule has 9 heteroatoms. The second-order valence-electron chi connectivity index (χ2n) is 6.64. The Labute approximate surface area is 175 Å². The maximum atomic E-state index is 13.3. The number of methoxy groups -OCH3 is 1. The predicted molar refractivity (Wildman–Crippen MR) is 112 cm³/mol. The minimum atomic E-state index is -0.481. The number of halogens is 1. The van der Waals surface area contributed by atoms with E-state index in [9.17, 15) is 18.8 Å². The van der Waals surface area contributed by atoms with E-state index in [1.165, 1.54) is 58.8 Å². The highest BCUT2D eigenvalue weighted by Crippen LogP contribution is 2.16. The molecule has 1 N–H and O–H groups in total. The third-order valence-electron chi connectivity index (χ3n) is 4.67. The fourth-order valence-electron chi connectivity index (χ4n) is 3.21. The molecule has 8 nitrogen and oxygen atoms in total. The Morgan fingerprint density at radius 1 is 1.06 bits per heavy atom. The second-order valence-corrected chi connectivity index (χ2v) is 6.64. The highest BCUT2D eigenvalue weighted by Gasteiger charge is 2.18. The molecule has 31 heavy (non-hydrogen) atoms. The lowest BCUT2D eigenvalue weighted by Gasteiger charge is -2.07. The number of pyridine rings is 1. The monoisotopic (exact) mass is 420 g/mol. The SMILES string of the molecule is COC(=O)c1ccc(NC(=O)Cn2c(=O)n(-c3ccc(F)cc3)c3ncccc32)cc1. The van der Waals surface area contributed by atoms with Crippen LogP contribution >= 0.6 is 0 Å². The average molecular weight is 420 g/mol. The zero-order valence-corrected chi connectivity index (χ0v) is 16.4. The van der Waals surface area contributed by atoms with Crippen molar-refractivity contribution >= 4 is 28.7 Å². The normalized spacial score (nSPS) is 10.8. The number of carbonyl (C=O) groups excluding carboxylic acids is 2. The van der Waals surface area contributed by atoms with Crippen molar-refractivity contribution in [2.24, 2.45) is 0 Å². The van der Waals surface area contributed by atoms with Crippen LogP contribution in [0.4, 0.5) is 10.1 Å². The molecule has 0 aliphatic heterocycles. The van der Waals surface area contributed by atoms with E-state index in [-0.39, 0.29) is 6.54 Å². The smallest absolute Gasteiger partial charge is 0.337 e. The van der Waals surface area contributed by atoms with Gasteiger partial charge in [0.15, 0.2) is 5.65 Å². The van der Waals surface area contributed by atoms with Crippen molar-refractivity contribution in [3.05, 3.63) is 88.7 Å². The quantitative estimate of drug-likeness (QED) is 0.501. The molecule has 156 valence electrons. The number of benzene rings is 2. The van der Waals surface area contributed by atoms with Crippen molar-refractivity contribution in [1.82, 2.24) is 14.1 Å². The highest BCUT2D eigenvalue weighted by atomic mass is 19.1. The first-order valence-corrected chi connectivity index (χ1v) is 9.28. The van der Waals surface area contributed by atoms with Crippen LogP contribution in [0.15, 0.2) is 71.7 Å². The lowest BCUT2D eigenvalue weighted by atomic mass is 10.2. The van der Waals surface area contributed by atoms with Gasteiger partial charge >= 0.3 is 11.7 Å². The molecule has 0 unspecified atom stereocenters. The maximum absolute atomic E-state index is 13.3. The molecule has 0 atom stereocenters. The van der Waals surface area contributed by atoms with Crippen molar-refractivity contribution in [3.8, 4) is 5.69 Å². The van der Waals surface area contributed by atoms with E-state index in [1.54, 1.807) is 24.3 Å². The Morgan fingerprint density at radius 3 is 2.45 bits per heavy atom. The van der Waals surface area contributed by atoms with Crippen LogP contribution in [0.5, 0.6) is 0 Å². The lowest BCUT2D eigenvalue weighted by Crippen LogP contribution is -2.29. The first-order chi connectivity index (χ1) is 15.0. The third-order valence-corrected chi connectivity index (χ3v) is 4.67. The number of imidazole rings is 1. The number of rotatable bonds is 5. The molecule has 0 saturated heterocycles. The van der Waals surface area contributed by atoms with E-state index in [2.05, 4.69) is 15.0 Å². The summed E-state index contributed by atoms with van der Waals surface area (Å²) in [7, 11) is 1.28. The molecule has 0 fully saturated rings. The van der Waals surface area contributed by atoms with E-state index in [4.69, 9.17) is 0 Å². The maximum Gasteiger partial charge on any atom is 0.337 e.